The second-order valence-electron chi connectivity index (χ2n) is 5.86. The Labute approximate surface area is 160 Å². The summed E-state index contributed by atoms with van der Waals surface area (Å²) in [5, 5.41) is 6.87. The molecule has 0 aliphatic rings. The molecular weight excluding hydrogens is 365 g/mol. The van der Waals surface area contributed by atoms with E-state index in [9.17, 15) is 14.0 Å². The van der Waals surface area contributed by atoms with E-state index in [2.05, 4.69) is 10.4 Å². The number of carbonyl (C=O) groups excluding carboxylic acids is 1. The Morgan fingerprint density at radius 3 is 2.48 bits per heavy atom. The van der Waals surface area contributed by atoms with Crippen LogP contribution in [0.5, 0.6) is 0 Å². The minimum Gasteiger partial charge on any atom is -0.350 e. The van der Waals surface area contributed by atoms with Crippen LogP contribution in [-0.2, 0) is 0 Å². The second kappa shape index (κ2) is 8.64. The number of nitrogens with one attached hydrogen (secondary N) is 1. The Balaban J connectivity index is 1.61. The quantitative estimate of drug-likeness (QED) is 0.524. The molecule has 1 heterocycles. The van der Waals surface area contributed by atoms with Gasteiger partial charge in [-0.3, -0.25) is 9.59 Å². The lowest BCUT2D eigenvalue weighted by Gasteiger charge is -2.08. The summed E-state index contributed by atoms with van der Waals surface area (Å²) in [4.78, 5) is 25.4. The molecule has 2 aromatic carbocycles. The number of halogens is 1. The van der Waals surface area contributed by atoms with E-state index in [1.165, 1.54) is 42.0 Å². The molecule has 5 nitrogen and oxygen atoms in total. The summed E-state index contributed by atoms with van der Waals surface area (Å²) in [5.41, 5.74) is 1.33. The molecule has 0 aliphatic heterocycles. The molecular formula is C20H18FN3O2S. The molecule has 1 N–H and O–H groups in total. The van der Waals surface area contributed by atoms with Gasteiger partial charge in [-0.05, 0) is 49.4 Å². The van der Waals surface area contributed by atoms with Crippen molar-refractivity contribution in [2.45, 2.75) is 11.8 Å². The largest absolute Gasteiger partial charge is 0.350 e. The molecule has 0 unspecified atom stereocenters. The summed E-state index contributed by atoms with van der Waals surface area (Å²) >= 11 is 1.64. The van der Waals surface area contributed by atoms with Crippen molar-refractivity contribution in [1.29, 1.82) is 0 Å². The minimum absolute atomic E-state index is 0.124. The van der Waals surface area contributed by atoms with Crippen LogP contribution in [0.25, 0.3) is 5.69 Å². The van der Waals surface area contributed by atoms with Crippen molar-refractivity contribution in [3.63, 3.8) is 0 Å². The lowest BCUT2D eigenvalue weighted by molar-refractivity contribution is 0.0949. The van der Waals surface area contributed by atoms with E-state index in [1.807, 2.05) is 31.2 Å². The van der Waals surface area contributed by atoms with Crippen molar-refractivity contribution in [1.82, 2.24) is 15.1 Å². The van der Waals surface area contributed by atoms with Crippen LogP contribution in [0.15, 0.2) is 70.4 Å². The highest BCUT2D eigenvalue weighted by atomic mass is 32.2. The van der Waals surface area contributed by atoms with Crippen molar-refractivity contribution in [2.75, 3.05) is 12.3 Å². The Hall–Kier alpha value is -2.93. The van der Waals surface area contributed by atoms with Gasteiger partial charge >= 0.3 is 0 Å². The van der Waals surface area contributed by atoms with Gasteiger partial charge in [-0.15, -0.1) is 11.8 Å². The third-order valence-corrected chi connectivity index (χ3v) is 4.80. The fraction of sp³-hybridized carbons (Fsp3) is 0.150. The van der Waals surface area contributed by atoms with E-state index < -0.39 is 11.4 Å². The number of carbonyl (C=O) groups is 1. The van der Waals surface area contributed by atoms with Crippen LogP contribution in [-0.4, -0.2) is 28.0 Å². The molecule has 0 aliphatic carbocycles. The van der Waals surface area contributed by atoms with Crippen molar-refractivity contribution < 1.29 is 9.18 Å². The first-order chi connectivity index (χ1) is 13.0. The maximum Gasteiger partial charge on any atom is 0.271 e. The maximum absolute atomic E-state index is 13.1. The van der Waals surface area contributed by atoms with Crippen molar-refractivity contribution >= 4 is 17.7 Å². The van der Waals surface area contributed by atoms with Crippen LogP contribution in [0.2, 0.25) is 0 Å². The zero-order valence-corrected chi connectivity index (χ0v) is 15.5. The predicted octanol–water partition coefficient (Wildman–Crippen LogP) is 3.20. The highest BCUT2D eigenvalue weighted by Crippen LogP contribution is 2.17. The van der Waals surface area contributed by atoms with E-state index >= 15 is 0 Å². The van der Waals surface area contributed by atoms with E-state index in [4.69, 9.17) is 0 Å². The van der Waals surface area contributed by atoms with Gasteiger partial charge in [0, 0.05) is 23.3 Å². The molecule has 0 atom stereocenters. The average Bonchev–Trinajstić information content (AvgIpc) is 2.67. The van der Waals surface area contributed by atoms with E-state index in [0.29, 0.717) is 18.0 Å². The van der Waals surface area contributed by atoms with Gasteiger partial charge in [0.25, 0.3) is 11.5 Å². The van der Waals surface area contributed by atoms with Crippen LogP contribution >= 0.6 is 11.8 Å². The number of thioether (sulfide) groups is 1. The molecule has 0 saturated heterocycles. The van der Waals surface area contributed by atoms with Gasteiger partial charge in [0.15, 0.2) is 0 Å². The van der Waals surface area contributed by atoms with E-state index in [0.717, 1.165) is 9.58 Å². The maximum atomic E-state index is 13.1. The fourth-order valence-electron chi connectivity index (χ4n) is 2.36. The highest BCUT2D eigenvalue weighted by Gasteiger charge is 2.10. The number of benzene rings is 2. The standard InChI is InChI=1S/C20H18FN3O2S/c1-14-2-8-17(9-3-14)27-13-12-22-20(26)18-10-11-19(25)24(23-18)16-6-4-15(21)5-7-16/h2-11H,12-13H2,1H3,(H,22,26). The average molecular weight is 383 g/mol. The number of rotatable bonds is 6. The summed E-state index contributed by atoms with van der Waals surface area (Å²) in [6.45, 7) is 2.50. The lowest BCUT2D eigenvalue weighted by Crippen LogP contribution is -2.30. The molecule has 0 fully saturated rings. The number of aromatic nitrogens is 2. The molecule has 3 aromatic rings. The van der Waals surface area contributed by atoms with Gasteiger partial charge in [-0.1, -0.05) is 17.7 Å². The second-order valence-corrected chi connectivity index (χ2v) is 7.03. The number of hydrogen-bond acceptors (Lipinski definition) is 4. The fourth-order valence-corrected chi connectivity index (χ4v) is 3.13. The van der Waals surface area contributed by atoms with Crippen LogP contribution in [0.1, 0.15) is 16.1 Å². The molecule has 1 aromatic heterocycles. The lowest BCUT2D eigenvalue weighted by atomic mass is 10.2. The normalized spacial score (nSPS) is 10.6. The summed E-state index contributed by atoms with van der Waals surface area (Å²) in [6, 6.07) is 16.2. The zero-order chi connectivity index (χ0) is 19.2. The number of amides is 1. The SMILES string of the molecule is Cc1ccc(SCCNC(=O)c2ccc(=O)n(-c3ccc(F)cc3)n2)cc1. The third kappa shape index (κ3) is 5.04. The Kier molecular flexibility index (Phi) is 6.03. The third-order valence-electron chi connectivity index (χ3n) is 3.78. The molecule has 0 radical (unpaired) electrons. The Bertz CT molecular complexity index is 985. The molecule has 0 saturated carbocycles. The topological polar surface area (TPSA) is 64.0 Å². The molecule has 138 valence electrons. The first-order valence-electron chi connectivity index (χ1n) is 8.37. The summed E-state index contributed by atoms with van der Waals surface area (Å²) in [5.74, 6) is -0.0611. The number of hydrogen-bond donors (Lipinski definition) is 1. The molecule has 1 amide bonds. The van der Waals surface area contributed by atoms with Crippen molar-refractivity contribution in [2.24, 2.45) is 0 Å². The van der Waals surface area contributed by atoms with Crippen molar-refractivity contribution in [3.8, 4) is 5.69 Å². The van der Waals surface area contributed by atoms with Crippen LogP contribution in [0.4, 0.5) is 4.39 Å². The Morgan fingerprint density at radius 1 is 1.07 bits per heavy atom. The first kappa shape index (κ1) is 18.8. The molecule has 7 heteroatoms. The monoisotopic (exact) mass is 383 g/mol. The van der Waals surface area contributed by atoms with Gasteiger partial charge in [0.05, 0.1) is 5.69 Å². The molecule has 0 spiro atoms. The van der Waals surface area contributed by atoms with Crippen LogP contribution in [0.3, 0.4) is 0 Å². The van der Waals surface area contributed by atoms with Gasteiger partial charge < -0.3 is 5.32 Å². The summed E-state index contributed by atoms with van der Waals surface area (Å²) in [7, 11) is 0. The van der Waals surface area contributed by atoms with Gasteiger partial charge in [-0.25, -0.2) is 4.39 Å². The minimum atomic E-state index is -0.410. The van der Waals surface area contributed by atoms with Crippen LogP contribution in [0, 0.1) is 12.7 Å². The molecule has 0 bridgehead atoms. The number of aryl methyl sites for hydroxylation is 1. The first-order valence-corrected chi connectivity index (χ1v) is 9.35. The number of nitrogens with zero attached hydrogens (tertiary/aromatic N) is 2. The van der Waals surface area contributed by atoms with Gasteiger partial charge in [0.2, 0.25) is 0 Å². The van der Waals surface area contributed by atoms with E-state index in [1.54, 1.807) is 11.8 Å². The van der Waals surface area contributed by atoms with E-state index in [-0.39, 0.29) is 11.6 Å². The van der Waals surface area contributed by atoms with Crippen LogP contribution < -0.4 is 10.9 Å². The predicted molar refractivity (Wildman–Crippen MR) is 104 cm³/mol. The summed E-state index contributed by atoms with van der Waals surface area (Å²) in [6.07, 6.45) is 0. The Morgan fingerprint density at radius 2 is 1.78 bits per heavy atom. The zero-order valence-electron chi connectivity index (χ0n) is 14.7. The molecule has 3 rings (SSSR count). The van der Waals surface area contributed by atoms with Gasteiger partial charge in [0.1, 0.15) is 11.5 Å². The smallest absolute Gasteiger partial charge is 0.271 e. The van der Waals surface area contributed by atoms with Gasteiger partial charge in [-0.2, -0.15) is 9.78 Å². The van der Waals surface area contributed by atoms with Crippen molar-refractivity contribution in [3.05, 3.63) is 88.1 Å². The highest BCUT2D eigenvalue weighted by molar-refractivity contribution is 7.99. The summed E-state index contributed by atoms with van der Waals surface area (Å²) < 4.78 is 14.1. The molecule has 27 heavy (non-hydrogen) atoms.